The zero-order valence-corrected chi connectivity index (χ0v) is 11.2. The molecule has 0 spiro atoms. The SMILES string of the molecule is CCCCCCCNC(C)(C)C(C)(C)O. The molecule has 0 saturated carbocycles. The van der Waals surface area contributed by atoms with Gasteiger partial charge in [0.25, 0.3) is 0 Å². The summed E-state index contributed by atoms with van der Waals surface area (Å²) in [6.07, 6.45) is 6.47. The first-order valence-electron chi connectivity index (χ1n) is 6.28. The summed E-state index contributed by atoms with van der Waals surface area (Å²) in [5.74, 6) is 0. The summed E-state index contributed by atoms with van der Waals surface area (Å²) in [5, 5.41) is 13.3. The Morgan fingerprint density at radius 2 is 1.47 bits per heavy atom. The Balaban J connectivity index is 3.58. The van der Waals surface area contributed by atoms with Crippen molar-refractivity contribution in [3.8, 4) is 0 Å². The van der Waals surface area contributed by atoms with Crippen LogP contribution in [0.15, 0.2) is 0 Å². The van der Waals surface area contributed by atoms with E-state index in [1.54, 1.807) is 0 Å². The molecule has 2 heteroatoms. The fraction of sp³-hybridized carbons (Fsp3) is 1.00. The first-order valence-corrected chi connectivity index (χ1v) is 6.28. The van der Waals surface area contributed by atoms with Crippen LogP contribution in [0.2, 0.25) is 0 Å². The van der Waals surface area contributed by atoms with Crippen LogP contribution in [-0.4, -0.2) is 22.8 Å². The summed E-state index contributed by atoms with van der Waals surface area (Å²) in [5.41, 5.74) is -0.881. The van der Waals surface area contributed by atoms with Crippen molar-refractivity contribution in [3.05, 3.63) is 0 Å². The standard InChI is InChI=1S/C13H29NO/c1-6-7-8-9-10-11-14-12(2,3)13(4,5)15/h14-15H,6-11H2,1-5H3. The van der Waals surface area contributed by atoms with Crippen LogP contribution in [0.5, 0.6) is 0 Å². The highest BCUT2D eigenvalue weighted by atomic mass is 16.3. The molecule has 0 rings (SSSR count). The second-order valence-corrected chi connectivity index (χ2v) is 5.53. The van der Waals surface area contributed by atoms with Crippen LogP contribution >= 0.6 is 0 Å². The Kier molecular flexibility index (Phi) is 6.46. The molecule has 0 atom stereocenters. The predicted molar refractivity (Wildman–Crippen MR) is 67.1 cm³/mol. The number of unbranched alkanes of at least 4 members (excludes halogenated alkanes) is 4. The zero-order valence-electron chi connectivity index (χ0n) is 11.2. The van der Waals surface area contributed by atoms with Crippen molar-refractivity contribution in [2.45, 2.75) is 77.9 Å². The van der Waals surface area contributed by atoms with Crippen molar-refractivity contribution in [1.82, 2.24) is 5.32 Å². The van der Waals surface area contributed by atoms with Crippen molar-refractivity contribution < 1.29 is 5.11 Å². The van der Waals surface area contributed by atoms with Crippen molar-refractivity contribution in [2.24, 2.45) is 0 Å². The Labute approximate surface area is 95.5 Å². The average Bonchev–Trinajstić information content (AvgIpc) is 2.09. The molecule has 0 aromatic rings. The highest BCUT2D eigenvalue weighted by Crippen LogP contribution is 2.20. The first-order chi connectivity index (χ1) is 6.81. The molecule has 92 valence electrons. The van der Waals surface area contributed by atoms with Crippen LogP contribution < -0.4 is 5.32 Å². The van der Waals surface area contributed by atoms with Crippen molar-refractivity contribution in [3.63, 3.8) is 0 Å². The lowest BCUT2D eigenvalue weighted by Crippen LogP contribution is -2.56. The second-order valence-electron chi connectivity index (χ2n) is 5.53. The van der Waals surface area contributed by atoms with Gasteiger partial charge < -0.3 is 10.4 Å². The summed E-state index contributed by atoms with van der Waals surface area (Å²) in [6, 6.07) is 0. The first kappa shape index (κ1) is 14.9. The van der Waals surface area contributed by atoms with Gasteiger partial charge in [0.15, 0.2) is 0 Å². The van der Waals surface area contributed by atoms with Gasteiger partial charge in [-0.3, -0.25) is 0 Å². The monoisotopic (exact) mass is 215 g/mol. The lowest BCUT2D eigenvalue weighted by atomic mass is 9.86. The Morgan fingerprint density at radius 1 is 0.933 bits per heavy atom. The second kappa shape index (κ2) is 6.49. The van der Waals surface area contributed by atoms with Gasteiger partial charge in [0.05, 0.1) is 5.60 Å². The van der Waals surface area contributed by atoms with Crippen molar-refractivity contribution >= 4 is 0 Å². The lowest BCUT2D eigenvalue weighted by Gasteiger charge is -2.38. The van der Waals surface area contributed by atoms with E-state index in [9.17, 15) is 5.11 Å². The molecule has 0 aromatic carbocycles. The molecule has 0 heterocycles. The predicted octanol–water partition coefficient (Wildman–Crippen LogP) is 3.10. The molecule has 2 nitrogen and oxygen atoms in total. The van der Waals surface area contributed by atoms with E-state index < -0.39 is 5.60 Å². The van der Waals surface area contributed by atoms with E-state index in [-0.39, 0.29) is 5.54 Å². The third-order valence-electron chi connectivity index (χ3n) is 3.38. The number of hydrogen-bond acceptors (Lipinski definition) is 2. The Morgan fingerprint density at radius 3 is 1.93 bits per heavy atom. The van der Waals surface area contributed by atoms with E-state index in [0.717, 1.165) is 6.54 Å². The molecular formula is C13H29NO. The van der Waals surface area contributed by atoms with Gasteiger partial charge in [0, 0.05) is 5.54 Å². The molecule has 0 aromatic heterocycles. The minimum atomic E-state index is -0.670. The lowest BCUT2D eigenvalue weighted by molar-refractivity contribution is -0.00441. The van der Waals surface area contributed by atoms with Crippen molar-refractivity contribution in [2.75, 3.05) is 6.54 Å². The third-order valence-corrected chi connectivity index (χ3v) is 3.38. The van der Waals surface area contributed by atoms with Gasteiger partial charge in [0.2, 0.25) is 0 Å². The zero-order chi connectivity index (χ0) is 11.9. The normalized spacial score (nSPS) is 13.2. The fourth-order valence-electron chi connectivity index (χ4n) is 1.35. The van der Waals surface area contributed by atoms with Crippen LogP contribution in [0.25, 0.3) is 0 Å². The van der Waals surface area contributed by atoms with Gasteiger partial charge in [-0.05, 0) is 40.7 Å². The molecule has 0 aliphatic carbocycles. The van der Waals surface area contributed by atoms with Gasteiger partial charge in [0.1, 0.15) is 0 Å². The molecule has 0 amide bonds. The Bertz CT molecular complexity index is 158. The summed E-state index contributed by atoms with van der Waals surface area (Å²) in [7, 11) is 0. The maximum absolute atomic E-state index is 9.92. The molecule has 0 radical (unpaired) electrons. The minimum Gasteiger partial charge on any atom is -0.389 e. The smallest absolute Gasteiger partial charge is 0.0767 e. The fourth-order valence-corrected chi connectivity index (χ4v) is 1.35. The van der Waals surface area contributed by atoms with Crippen molar-refractivity contribution in [1.29, 1.82) is 0 Å². The van der Waals surface area contributed by atoms with Crippen LogP contribution in [0.1, 0.15) is 66.7 Å². The van der Waals surface area contributed by atoms with Gasteiger partial charge in [-0.2, -0.15) is 0 Å². The van der Waals surface area contributed by atoms with E-state index >= 15 is 0 Å². The number of hydrogen-bond donors (Lipinski definition) is 2. The molecule has 2 N–H and O–H groups in total. The maximum atomic E-state index is 9.92. The maximum Gasteiger partial charge on any atom is 0.0767 e. The van der Waals surface area contributed by atoms with Crippen LogP contribution in [0, 0.1) is 0 Å². The summed E-state index contributed by atoms with van der Waals surface area (Å²) < 4.78 is 0. The summed E-state index contributed by atoms with van der Waals surface area (Å²) in [6.45, 7) is 11.1. The topological polar surface area (TPSA) is 32.3 Å². The summed E-state index contributed by atoms with van der Waals surface area (Å²) >= 11 is 0. The van der Waals surface area contributed by atoms with Gasteiger partial charge in [-0.1, -0.05) is 32.6 Å². The molecule has 0 fully saturated rings. The molecule has 0 aliphatic rings. The molecule has 15 heavy (non-hydrogen) atoms. The minimum absolute atomic E-state index is 0.211. The highest BCUT2D eigenvalue weighted by Gasteiger charge is 2.33. The average molecular weight is 215 g/mol. The quantitative estimate of drug-likeness (QED) is 0.610. The van der Waals surface area contributed by atoms with Gasteiger partial charge in [-0.25, -0.2) is 0 Å². The van der Waals surface area contributed by atoms with Gasteiger partial charge in [-0.15, -0.1) is 0 Å². The van der Waals surface area contributed by atoms with E-state index in [0.29, 0.717) is 0 Å². The molecular weight excluding hydrogens is 186 g/mol. The molecule has 0 bridgehead atoms. The summed E-state index contributed by atoms with van der Waals surface area (Å²) in [4.78, 5) is 0. The number of rotatable bonds is 8. The van der Waals surface area contributed by atoms with Crippen LogP contribution in [0.3, 0.4) is 0 Å². The molecule has 0 unspecified atom stereocenters. The highest BCUT2D eigenvalue weighted by molar-refractivity contribution is 4.93. The number of nitrogens with one attached hydrogen (secondary N) is 1. The van der Waals surface area contributed by atoms with E-state index in [2.05, 4.69) is 26.1 Å². The Hall–Kier alpha value is -0.0800. The van der Waals surface area contributed by atoms with Crippen LogP contribution in [0.4, 0.5) is 0 Å². The molecule has 0 aliphatic heterocycles. The van der Waals surface area contributed by atoms with E-state index in [1.165, 1.54) is 32.1 Å². The van der Waals surface area contributed by atoms with Gasteiger partial charge >= 0.3 is 0 Å². The third kappa shape index (κ3) is 6.16. The van der Waals surface area contributed by atoms with E-state index in [1.807, 2.05) is 13.8 Å². The van der Waals surface area contributed by atoms with E-state index in [4.69, 9.17) is 0 Å². The largest absolute Gasteiger partial charge is 0.389 e. The number of aliphatic hydroxyl groups is 1. The van der Waals surface area contributed by atoms with Crippen LogP contribution in [-0.2, 0) is 0 Å². The molecule has 0 saturated heterocycles.